The van der Waals surface area contributed by atoms with Gasteiger partial charge in [0.25, 0.3) is 5.91 Å². The van der Waals surface area contributed by atoms with E-state index >= 15 is 0 Å². The molecule has 0 spiro atoms. The molecule has 1 atom stereocenters. The number of carbonyl (C=O) groups is 1. The molecule has 30 heavy (non-hydrogen) atoms. The van der Waals surface area contributed by atoms with Crippen LogP contribution in [0.5, 0.6) is 0 Å². The van der Waals surface area contributed by atoms with Crippen LogP contribution in [-0.2, 0) is 22.0 Å². The summed E-state index contributed by atoms with van der Waals surface area (Å²) in [5.41, 5.74) is 1.20. The number of hydrogen-bond donors (Lipinski definition) is 1. The van der Waals surface area contributed by atoms with E-state index in [1.165, 1.54) is 29.8 Å². The first-order chi connectivity index (χ1) is 14.3. The Bertz CT molecular complexity index is 1110. The van der Waals surface area contributed by atoms with Gasteiger partial charge in [0.05, 0.1) is 10.0 Å². The minimum absolute atomic E-state index is 0.0410. The van der Waals surface area contributed by atoms with Crippen LogP contribution in [0.4, 0.5) is 0 Å². The number of sulfone groups is 1. The smallest absolute Gasteiger partial charge is 0.287 e. The molecule has 3 rings (SSSR count). The first-order valence-electron chi connectivity index (χ1n) is 9.36. The van der Waals surface area contributed by atoms with Crippen LogP contribution >= 0.6 is 23.2 Å². The first kappa shape index (κ1) is 22.4. The second-order valence-corrected chi connectivity index (χ2v) is 9.72. The zero-order valence-electron chi connectivity index (χ0n) is 16.3. The molecular formula is C22H21Cl2NO4S. The van der Waals surface area contributed by atoms with Crippen LogP contribution in [0.25, 0.3) is 0 Å². The van der Waals surface area contributed by atoms with Gasteiger partial charge in [0.1, 0.15) is 16.4 Å². The first-order valence-corrected chi connectivity index (χ1v) is 11.8. The molecule has 1 aromatic heterocycles. The summed E-state index contributed by atoms with van der Waals surface area (Å²) in [5.74, 6) is -0.659. The lowest BCUT2D eigenvalue weighted by molar-refractivity contribution is 0.0909. The molecule has 1 amide bonds. The highest BCUT2D eigenvalue weighted by molar-refractivity contribution is 7.90. The van der Waals surface area contributed by atoms with Gasteiger partial charge >= 0.3 is 0 Å². The SMILES string of the molecule is C[C@H](CCc1ccccc1)NC(=O)c1ccc(CS(=O)(=O)c2c(Cl)cccc2Cl)o1. The van der Waals surface area contributed by atoms with E-state index < -0.39 is 21.5 Å². The van der Waals surface area contributed by atoms with Gasteiger partial charge in [-0.2, -0.15) is 0 Å². The molecule has 0 bridgehead atoms. The highest BCUT2D eigenvalue weighted by Gasteiger charge is 2.24. The number of nitrogens with one attached hydrogen (secondary N) is 1. The highest BCUT2D eigenvalue weighted by Crippen LogP contribution is 2.31. The molecule has 0 aliphatic carbocycles. The second kappa shape index (κ2) is 9.69. The van der Waals surface area contributed by atoms with E-state index in [1.807, 2.05) is 37.3 Å². The third-order valence-electron chi connectivity index (χ3n) is 4.53. The minimum Gasteiger partial charge on any atom is -0.455 e. The van der Waals surface area contributed by atoms with Crippen molar-refractivity contribution >= 4 is 38.9 Å². The zero-order valence-corrected chi connectivity index (χ0v) is 18.6. The molecule has 8 heteroatoms. The molecule has 0 unspecified atom stereocenters. The number of furan rings is 1. The van der Waals surface area contributed by atoms with Gasteiger partial charge in [0.15, 0.2) is 15.6 Å². The average Bonchev–Trinajstić information content (AvgIpc) is 3.15. The van der Waals surface area contributed by atoms with Gasteiger partial charge in [-0.05, 0) is 49.6 Å². The van der Waals surface area contributed by atoms with E-state index in [1.54, 1.807) is 6.07 Å². The van der Waals surface area contributed by atoms with Gasteiger partial charge in [-0.15, -0.1) is 0 Å². The minimum atomic E-state index is -3.84. The highest BCUT2D eigenvalue weighted by atomic mass is 35.5. The fourth-order valence-electron chi connectivity index (χ4n) is 3.01. The van der Waals surface area contributed by atoms with Crippen molar-refractivity contribution < 1.29 is 17.6 Å². The molecule has 0 aliphatic rings. The molecule has 0 saturated carbocycles. The maximum atomic E-state index is 12.7. The summed E-state index contributed by atoms with van der Waals surface area (Å²) in [4.78, 5) is 12.3. The Morgan fingerprint density at radius 3 is 2.33 bits per heavy atom. The van der Waals surface area contributed by atoms with E-state index in [-0.39, 0.29) is 32.5 Å². The summed E-state index contributed by atoms with van der Waals surface area (Å²) < 4.78 is 30.9. The number of halogens is 2. The van der Waals surface area contributed by atoms with E-state index in [4.69, 9.17) is 27.6 Å². The van der Waals surface area contributed by atoms with E-state index in [9.17, 15) is 13.2 Å². The molecule has 5 nitrogen and oxygen atoms in total. The monoisotopic (exact) mass is 465 g/mol. The third kappa shape index (κ3) is 5.65. The summed E-state index contributed by atoms with van der Waals surface area (Å²) >= 11 is 12.0. The summed E-state index contributed by atoms with van der Waals surface area (Å²) in [7, 11) is -3.84. The summed E-state index contributed by atoms with van der Waals surface area (Å²) in [5, 5.41) is 2.95. The molecule has 0 radical (unpaired) electrons. The van der Waals surface area contributed by atoms with Crippen molar-refractivity contribution in [3.8, 4) is 0 Å². The van der Waals surface area contributed by atoms with Crippen molar-refractivity contribution in [2.75, 3.05) is 0 Å². The molecule has 0 fully saturated rings. The predicted octanol–water partition coefficient (Wildman–Crippen LogP) is 5.31. The largest absolute Gasteiger partial charge is 0.455 e. The fraction of sp³-hybridized carbons (Fsp3) is 0.227. The Balaban J connectivity index is 1.62. The Kier molecular flexibility index (Phi) is 7.23. The van der Waals surface area contributed by atoms with Crippen molar-refractivity contribution in [2.45, 2.75) is 36.5 Å². The molecular weight excluding hydrogens is 445 g/mol. The summed E-state index contributed by atoms with van der Waals surface area (Å²) in [6, 6.07) is 17.3. The van der Waals surface area contributed by atoms with E-state index in [0.29, 0.717) is 0 Å². The van der Waals surface area contributed by atoms with Crippen molar-refractivity contribution in [3.05, 3.63) is 87.8 Å². The molecule has 1 heterocycles. The number of hydrogen-bond acceptors (Lipinski definition) is 4. The number of carbonyl (C=O) groups excluding carboxylic acids is 1. The van der Waals surface area contributed by atoms with Gasteiger partial charge in [-0.25, -0.2) is 8.42 Å². The van der Waals surface area contributed by atoms with Crippen LogP contribution in [-0.4, -0.2) is 20.4 Å². The van der Waals surface area contributed by atoms with Gasteiger partial charge in [-0.3, -0.25) is 4.79 Å². The topological polar surface area (TPSA) is 76.4 Å². The second-order valence-electron chi connectivity index (χ2n) is 6.97. The Hall–Kier alpha value is -2.28. The normalized spacial score (nSPS) is 12.5. The summed E-state index contributed by atoms with van der Waals surface area (Å²) in [6.07, 6.45) is 1.60. The van der Waals surface area contributed by atoms with Gasteiger partial charge in [0, 0.05) is 6.04 Å². The van der Waals surface area contributed by atoms with Crippen LogP contribution < -0.4 is 5.32 Å². The van der Waals surface area contributed by atoms with Crippen LogP contribution in [0, 0.1) is 0 Å². The van der Waals surface area contributed by atoms with Gasteiger partial charge in [0.2, 0.25) is 0 Å². The lowest BCUT2D eigenvalue weighted by Crippen LogP contribution is -2.32. The average molecular weight is 466 g/mol. The van der Waals surface area contributed by atoms with Crippen LogP contribution in [0.3, 0.4) is 0 Å². The predicted molar refractivity (Wildman–Crippen MR) is 118 cm³/mol. The van der Waals surface area contributed by atoms with Crippen LogP contribution in [0.15, 0.2) is 70.0 Å². The zero-order chi connectivity index (χ0) is 21.7. The molecule has 1 N–H and O–H groups in total. The number of rotatable bonds is 8. The van der Waals surface area contributed by atoms with Crippen LogP contribution in [0.2, 0.25) is 10.0 Å². The van der Waals surface area contributed by atoms with Gasteiger partial charge < -0.3 is 9.73 Å². The Labute approximate surface area is 185 Å². The quantitative estimate of drug-likeness (QED) is 0.488. The van der Waals surface area contributed by atoms with Crippen molar-refractivity contribution in [1.82, 2.24) is 5.32 Å². The number of amides is 1. The maximum absolute atomic E-state index is 12.7. The molecule has 158 valence electrons. The van der Waals surface area contributed by atoms with Gasteiger partial charge in [-0.1, -0.05) is 59.6 Å². The molecule has 0 aliphatic heterocycles. The molecule has 0 saturated heterocycles. The lowest BCUT2D eigenvalue weighted by Gasteiger charge is -2.12. The van der Waals surface area contributed by atoms with Crippen molar-refractivity contribution in [2.24, 2.45) is 0 Å². The Morgan fingerprint density at radius 1 is 1.00 bits per heavy atom. The van der Waals surface area contributed by atoms with E-state index in [0.717, 1.165) is 12.8 Å². The summed E-state index contributed by atoms with van der Waals surface area (Å²) in [6.45, 7) is 1.91. The van der Waals surface area contributed by atoms with Crippen molar-refractivity contribution in [3.63, 3.8) is 0 Å². The lowest BCUT2D eigenvalue weighted by atomic mass is 10.1. The van der Waals surface area contributed by atoms with Crippen LogP contribution in [0.1, 0.15) is 35.2 Å². The standard InChI is InChI=1S/C22H21Cl2NO4S/c1-15(10-11-16-6-3-2-4-7-16)25-22(26)20-13-12-17(29-20)14-30(27,28)21-18(23)8-5-9-19(21)24/h2-9,12-13,15H,10-11,14H2,1H3,(H,25,26)/t15-/m1/s1. The molecule has 3 aromatic rings. The number of benzene rings is 2. The third-order valence-corrected chi connectivity index (χ3v) is 7.11. The Morgan fingerprint density at radius 2 is 1.67 bits per heavy atom. The maximum Gasteiger partial charge on any atom is 0.287 e. The fourth-order valence-corrected chi connectivity index (χ4v) is 5.52. The van der Waals surface area contributed by atoms with Crippen molar-refractivity contribution in [1.29, 1.82) is 0 Å². The molecule has 2 aromatic carbocycles. The number of aryl methyl sites for hydroxylation is 1. The van der Waals surface area contributed by atoms with E-state index in [2.05, 4.69) is 5.32 Å².